The summed E-state index contributed by atoms with van der Waals surface area (Å²) < 4.78 is 4.17. The average molecular weight is 319 g/mol. The molecule has 0 amide bonds. The van der Waals surface area contributed by atoms with Crippen LogP contribution in [-0.4, -0.2) is 29.5 Å². The molecule has 0 atom stereocenters. The molecule has 0 N–H and O–H groups in total. The molecule has 6 nitrogen and oxygen atoms in total. The molecule has 0 fully saturated rings. The quantitative estimate of drug-likeness (QED) is 0.727. The molecule has 3 aromatic heterocycles. The van der Waals surface area contributed by atoms with Crippen molar-refractivity contribution in [1.82, 2.24) is 29.5 Å². The first-order valence-corrected chi connectivity index (χ1v) is 6.51. The molecule has 3 heterocycles. The number of aromatic nitrogens is 6. The Morgan fingerprint density at radius 3 is 2.58 bits per heavy atom. The molecule has 7 heteroatoms. The van der Waals surface area contributed by atoms with E-state index < -0.39 is 0 Å². The molecule has 3 rings (SSSR count). The van der Waals surface area contributed by atoms with E-state index in [0.717, 1.165) is 15.9 Å². The molecule has 0 saturated heterocycles. The van der Waals surface area contributed by atoms with Crippen molar-refractivity contribution in [3.05, 3.63) is 46.6 Å². The van der Waals surface area contributed by atoms with Crippen molar-refractivity contribution >= 4 is 15.9 Å². The second kappa shape index (κ2) is 4.58. The number of aryl methyl sites for hydroxylation is 2. The van der Waals surface area contributed by atoms with Gasteiger partial charge in [0, 0.05) is 18.6 Å². The molecule has 0 unspecified atom stereocenters. The lowest BCUT2D eigenvalue weighted by atomic mass is 10.4. The lowest BCUT2D eigenvalue weighted by Gasteiger charge is -2.08. The monoisotopic (exact) mass is 318 g/mol. The average Bonchev–Trinajstić information content (AvgIpc) is 3.03. The summed E-state index contributed by atoms with van der Waals surface area (Å²) in [5, 5.41) is 8.52. The van der Waals surface area contributed by atoms with Crippen molar-refractivity contribution in [2.24, 2.45) is 0 Å². The molecule has 0 radical (unpaired) electrons. The van der Waals surface area contributed by atoms with Crippen molar-refractivity contribution in [2.75, 3.05) is 0 Å². The van der Waals surface area contributed by atoms with Gasteiger partial charge in [-0.05, 0) is 41.9 Å². The first-order chi connectivity index (χ1) is 9.15. The van der Waals surface area contributed by atoms with Gasteiger partial charge in [0.1, 0.15) is 0 Å². The van der Waals surface area contributed by atoms with Crippen LogP contribution in [0.15, 0.2) is 35.2 Å². The minimum Gasteiger partial charge on any atom is -0.221 e. The van der Waals surface area contributed by atoms with E-state index in [0.29, 0.717) is 11.8 Å². The Hall–Kier alpha value is -2.02. The van der Waals surface area contributed by atoms with Crippen LogP contribution in [0.4, 0.5) is 0 Å². The van der Waals surface area contributed by atoms with E-state index in [9.17, 15) is 0 Å². The van der Waals surface area contributed by atoms with Gasteiger partial charge in [-0.1, -0.05) is 0 Å². The van der Waals surface area contributed by atoms with E-state index in [1.165, 1.54) is 0 Å². The normalized spacial score (nSPS) is 10.9. The van der Waals surface area contributed by atoms with Gasteiger partial charge in [-0.2, -0.15) is 15.2 Å². The zero-order valence-electron chi connectivity index (χ0n) is 10.4. The summed E-state index contributed by atoms with van der Waals surface area (Å²) >= 11 is 3.51. The summed E-state index contributed by atoms with van der Waals surface area (Å²) in [6, 6.07) is 3.76. The molecule has 3 aromatic rings. The smallest absolute Gasteiger partial charge is 0.221 e. The Morgan fingerprint density at radius 2 is 1.95 bits per heavy atom. The fourth-order valence-corrected chi connectivity index (χ4v) is 2.06. The van der Waals surface area contributed by atoms with Crippen molar-refractivity contribution in [3.63, 3.8) is 0 Å². The molecule has 0 aromatic carbocycles. The van der Waals surface area contributed by atoms with Crippen LogP contribution < -0.4 is 0 Å². The van der Waals surface area contributed by atoms with Crippen LogP contribution in [0.3, 0.4) is 0 Å². The van der Waals surface area contributed by atoms with Crippen LogP contribution in [0.2, 0.25) is 0 Å². The van der Waals surface area contributed by atoms with Gasteiger partial charge in [0.25, 0.3) is 5.95 Å². The first kappa shape index (κ1) is 12.0. The first-order valence-electron chi connectivity index (χ1n) is 5.72. The maximum atomic E-state index is 4.50. The molecule has 0 aliphatic heterocycles. The van der Waals surface area contributed by atoms with Crippen LogP contribution >= 0.6 is 15.9 Å². The molecule has 0 aliphatic rings. The number of hydrogen-bond donors (Lipinski definition) is 0. The second-order valence-corrected chi connectivity index (χ2v) is 4.89. The van der Waals surface area contributed by atoms with Gasteiger partial charge >= 0.3 is 0 Å². The van der Waals surface area contributed by atoms with Crippen molar-refractivity contribution in [3.8, 4) is 11.8 Å². The minimum absolute atomic E-state index is 0.522. The third-order valence-electron chi connectivity index (χ3n) is 2.64. The highest BCUT2D eigenvalue weighted by molar-refractivity contribution is 9.10. The summed E-state index contributed by atoms with van der Waals surface area (Å²) in [5.41, 5.74) is 1.77. The summed E-state index contributed by atoms with van der Waals surface area (Å²) in [5.74, 6) is 1.22. The van der Waals surface area contributed by atoms with Crippen LogP contribution in [0.1, 0.15) is 11.4 Å². The van der Waals surface area contributed by atoms with E-state index in [-0.39, 0.29) is 0 Å². The summed E-state index contributed by atoms with van der Waals surface area (Å²) in [4.78, 5) is 8.91. The van der Waals surface area contributed by atoms with Gasteiger partial charge < -0.3 is 0 Å². The highest BCUT2D eigenvalue weighted by Gasteiger charge is 2.13. The Balaban J connectivity index is 2.19. The topological polar surface area (TPSA) is 61.4 Å². The van der Waals surface area contributed by atoms with Gasteiger partial charge in [-0.25, -0.2) is 14.3 Å². The highest BCUT2D eigenvalue weighted by atomic mass is 79.9. The lowest BCUT2D eigenvalue weighted by Crippen LogP contribution is -2.09. The van der Waals surface area contributed by atoms with Gasteiger partial charge in [0.15, 0.2) is 5.82 Å². The van der Waals surface area contributed by atoms with Crippen LogP contribution in [-0.2, 0) is 0 Å². The maximum absolute atomic E-state index is 4.50. The fraction of sp³-hybridized carbons (Fsp3) is 0.167. The van der Waals surface area contributed by atoms with E-state index >= 15 is 0 Å². The molecule has 0 spiro atoms. The summed E-state index contributed by atoms with van der Waals surface area (Å²) in [6.45, 7) is 3.85. The van der Waals surface area contributed by atoms with E-state index in [1.807, 2.05) is 32.2 Å². The standard InChI is InChI=1S/C12H11BrN6/c1-8-4-7-18(17-8)11-10(13)9(2)15-12(16-11)19-6-3-5-14-19/h3-7H,1-2H3. The molecular weight excluding hydrogens is 308 g/mol. The highest BCUT2D eigenvalue weighted by Crippen LogP contribution is 2.22. The zero-order chi connectivity index (χ0) is 13.4. The SMILES string of the molecule is Cc1ccn(-c2nc(-n3cccn3)nc(C)c2Br)n1. The molecule has 19 heavy (non-hydrogen) atoms. The minimum atomic E-state index is 0.522. The van der Waals surface area contributed by atoms with Gasteiger partial charge in [-0.3, -0.25) is 0 Å². The van der Waals surface area contributed by atoms with Gasteiger partial charge in [0.05, 0.1) is 15.9 Å². The molecule has 0 saturated carbocycles. The van der Waals surface area contributed by atoms with Crippen molar-refractivity contribution < 1.29 is 0 Å². The third-order valence-corrected chi connectivity index (χ3v) is 3.56. The molecule has 0 bridgehead atoms. The largest absolute Gasteiger partial charge is 0.252 e. The molecule has 0 aliphatic carbocycles. The number of rotatable bonds is 2. The lowest BCUT2D eigenvalue weighted by molar-refractivity contribution is 0.759. The third kappa shape index (κ3) is 2.17. The predicted octanol–water partition coefficient (Wildman–Crippen LogP) is 2.23. The van der Waals surface area contributed by atoms with Crippen LogP contribution in [0.25, 0.3) is 11.8 Å². The van der Waals surface area contributed by atoms with Gasteiger partial charge in [-0.15, -0.1) is 0 Å². The predicted molar refractivity (Wildman–Crippen MR) is 73.5 cm³/mol. The summed E-state index contributed by atoms with van der Waals surface area (Å²) in [7, 11) is 0. The van der Waals surface area contributed by atoms with Crippen LogP contribution in [0.5, 0.6) is 0 Å². The van der Waals surface area contributed by atoms with Gasteiger partial charge in [0.2, 0.25) is 0 Å². The number of halogens is 1. The van der Waals surface area contributed by atoms with E-state index in [2.05, 4.69) is 36.1 Å². The molecular formula is C12H11BrN6. The van der Waals surface area contributed by atoms with Crippen molar-refractivity contribution in [2.45, 2.75) is 13.8 Å². The Kier molecular flexibility index (Phi) is 2.90. The Morgan fingerprint density at radius 1 is 1.11 bits per heavy atom. The summed E-state index contributed by atoms with van der Waals surface area (Å²) in [6.07, 6.45) is 5.37. The second-order valence-electron chi connectivity index (χ2n) is 4.10. The van der Waals surface area contributed by atoms with Crippen molar-refractivity contribution in [1.29, 1.82) is 0 Å². The fourth-order valence-electron chi connectivity index (χ4n) is 1.70. The zero-order valence-corrected chi connectivity index (χ0v) is 12.0. The van der Waals surface area contributed by atoms with Crippen LogP contribution in [0, 0.1) is 13.8 Å². The number of nitrogens with zero attached hydrogens (tertiary/aromatic N) is 6. The molecule has 96 valence electrons. The maximum Gasteiger partial charge on any atom is 0.252 e. The van der Waals surface area contributed by atoms with E-state index in [1.54, 1.807) is 21.8 Å². The van der Waals surface area contributed by atoms with E-state index in [4.69, 9.17) is 0 Å². The Bertz CT molecular complexity index is 716. The number of hydrogen-bond acceptors (Lipinski definition) is 4. The Labute approximate surface area is 118 Å².